The number of nitrogens with two attached hydrogens (primary N) is 2. The monoisotopic (exact) mass is 362 g/mol. The van der Waals surface area contributed by atoms with Gasteiger partial charge in [0.25, 0.3) is 0 Å². The molecule has 25 heavy (non-hydrogen) atoms. The van der Waals surface area contributed by atoms with Crippen LogP contribution in [0.25, 0.3) is 5.70 Å². The summed E-state index contributed by atoms with van der Waals surface area (Å²) in [7, 11) is 0. The fourth-order valence-corrected chi connectivity index (χ4v) is 2.94. The Hall–Kier alpha value is -2.43. The lowest BCUT2D eigenvalue weighted by Gasteiger charge is -2.39. The maximum atomic E-state index is 13.6. The van der Waals surface area contributed by atoms with E-state index in [1.807, 2.05) is 0 Å². The van der Waals surface area contributed by atoms with Gasteiger partial charge in [0.05, 0.1) is 17.4 Å². The molecule has 1 fully saturated rings. The van der Waals surface area contributed by atoms with Crippen molar-refractivity contribution in [3.8, 4) is 0 Å². The summed E-state index contributed by atoms with van der Waals surface area (Å²) in [5, 5.41) is 5.75. The van der Waals surface area contributed by atoms with Crippen LogP contribution in [0, 0.1) is 0 Å². The standard InChI is InChI=1S/C14H15F5N6/c15-13(16)5-4-8(7-13)24-10(6-12(20)23-25(24)21)9-2-1-3-11(22-9)14(17,18)19/h1-3,6,8H,4-5,7,21H2,(H2,20,23). The number of alkyl halides is 5. The van der Waals surface area contributed by atoms with Crippen molar-refractivity contribution in [1.82, 2.24) is 15.2 Å². The van der Waals surface area contributed by atoms with E-state index in [0.29, 0.717) is 0 Å². The van der Waals surface area contributed by atoms with Gasteiger partial charge < -0.3 is 5.73 Å². The highest BCUT2D eigenvalue weighted by Gasteiger charge is 2.45. The number of pyridine rings is 1. The molecule has 0 bridgehead atoms. The van der Waals surface area contributed by atoms with E-state index in [1.54, 1.807) is 0 Å². The van der Waals surface area contributed by atoms with E-state index in [9.17, 15) is 22.0 Å². The lowest BCUT2D eigenvalue weighted by atomic mass is 10.1. The maximum Gasteiger partial charge on any atom is 0.433 e. The zero-order chi connectivity index (χ0) is 18.4. The molecule has 0 aromatic carbocycles. The first-order valence-corrected chi connectivity index (χ1v) is 7.39. The topological polar surface area (TPSA) is 83.8 Å². The highest BCUT2D eigenvalue weighted by atomic mass is 19.4. The molecule has 4 N–H and O–H groups in total. The zero-order valence-corrected chi connectivity index (χ0v) is 12.8. The molecular formula is C14H15F5N6. The van der Waals surface area contributed by atoms with Crippen LogP contribution in [0.1, 0.15) is 30.7 Å². The van der Waals surface area contributed by atoms with Gasteiger partial charge in [-0.1, -0.05) is 6.07 Å². The third-order valence-electron chi connectivity index (χ3n) is 4.00. The summed E-state index contributed by atoms with van der Waals surface area (Å²) in [5.41, 5.74) is 4.52. The van der Waals surface area contributed by atoms with Crippen LogP contribution in [-0.2, 0) is 6.18 Å². The molecule has 136 valence electrons. The number of halogens is 5. The number of nitrogens with zero attached hydrogens (tertiary/aromatic N) is 4. The van der Waals surface area contributed by atoms with E-state index >= 15 is 0 Å². The van der Waals surface area contributed by atoms with Gasteiger partial charge in [-0.05, 0) is 18.6 Å². The van der Waals surface area contributed by atoms with E-state index < -0.39 is 30.3 Å². The van der Waals surface area contributed by atoms with Crippen molar-refractivity contribution in [3.63, 3.8) is 0 Å². The van der Waals surface area contributed by atoms with Gasteiger partial charge in [-0.25, -0.2) is 24.6 Å². The maximum absolute atomic E-state index is 13.6. The number of hydrogen-bond donors (Lipinski definition) is 2. The average molecular weight is 362 g/mol. The number of hydrogen-bond acceptors (Lipinski definition) is 6. The summed E-state index contributed by atoms with van der Waals surface area (Å²) >= 11 is 0. The summed E-state index contributed by atoms with van der Waals surface area (Å²) in [4.78, 5) is 3.58. The molecule has 0 radical (unpaired) electrons. The molecule has 0 amide bonds. The van der Waals surface area contributed by atoms with E-state index in [0.717, 1.165) is 11.3 Å². The van der Waals surface area contributed by atoms with Crippen LogP contribution in [0.4, 0.5) is 22.0 Å². The third kappa shape index (κ3) is 3.50. The van der Waals surface area contributed by atoms with E-state index in [2.05, 4.69) is 10.1 Å². The molecule has 3 rings (SSSR count). The van der Waals surface area contributed by atoms with Crippen molar-refractivity contribution in [2.75, 3.05) is 0 Å². The SMILES string of the molecule is NC1=NN(N)N(C2CCC(F)(F)C2)C(c2cccc(C(F)(F)F)n2)=C1. The molecule has 1 aliphatic carbocycles. The molecular weight excluding hydrogens is 347 g/mol. The molecule has 2 aliphatic rings. The Labute approximate surface area is 139 Å². The van der Waals surface area contributed by atoms with Gasteiger partial charge in [-0.15, -0.1) is 10.3 Å². The summed E-state index contributed by atoms with van der Waals surface area (Å²) < 4.78 is 65.9. The normalized spacial score (nSPS) is 23.5. The molecule has 11 heteroatoms. The predicted molar refractivity (Wildman–Crippen MR) is 79.3 cm³/mol. The Morgan fingerprint density at radius 3 is 2.56 bits per heavy atom. The highest BCUT2D eigenvalue weighted by Crippen LogP contribution is 2.40. The average Bonchev–Trinajstić information content (AvgIpc) is 2.85. The molecule has 6 nitrogen and oxygen atoms in total. The van der Waals surface area contributed by atoms with Gasteiger partial charge in [0, 0.05) is 18.9 Å². The van der Waals surface area contributed by atoms with Crippen molar-refractivity contribution < 1.29 is 22.0 Å². The number of hydrazine groups is 2. The fourth-order valence-electron chi connectivity index (χ4n) is 2.94. The van der Waals surface area contributed by atoms with Crippen LogP contribution in [0.5, 0.6) is 0 Å². The second-order valence-electron chi connectivity index (χ2n) is 5.88. The largest absolute Gasteiger partial charge is 0.433 e. The molecule has 1 aromatic heterocycles. The zero-order valence-electron chi connectivity index (χ0n) is 12.8. The first-order chi connectivity index (χ1) is 11.6. The van der Waals surface area contributed by atoms with Crippen molar-refractivity contribution in [2.24, 2.45) is 16.7 Å². The Morgan fingerprint density at radius 1 is 1.24 bits per heavy atom. The first-order valence-electron chi connectivity index (χ1n) is 7.39. The minimum atomic E-state index is -4.64. The quantitative estimate of drug-likeness (QED) is 0.623. The van der Waals surface area contributed by atoms with Crippen LogP contribution in [0.3, 0.4) is 0 Å². The van der Waals surface area contributed by atoms with Crippen LogP contribution in [0.2, 0.25) is 0 Å². The van der Waals surface area contributed by atoms with Gasteiger partial charge in [0.2, 0.25) is 5.92 Å². The second-order valence-corrected chi connectivity index (χ2v) is 5.88. The molecule has 1 atom stereocenters. The Balaban J connectivity index is 2.00. The van der Waals surface area contributed by atoms with Gasteiger partial charge >= 0.3 is 6.18 Å². The highest BCUT2D eigenvalue weighted by molar-refractivity contribution is 5.98. The number of hydrazone groups is 1. The molecule has 1 unspecified atom stereocenters. The van der Waals surface area contributed by atoms with Crippen molar-refractivity contribution >= 4 is 11.5 Å². The third-order valence-corrected chi connectivity index (χ3v) is 4.00. The smallest absolute Gasteiger partial charge is 0.382 e. The number of amidine groups is 1. The van der Waals surface area contributed by atoms with Crippen LogP contribution in [-0.4, -0.2) is 33.0 Å². The van der Waals surface area contributed by atoms with E-state index in [-0.39, 0.29) is 30.1 Å². The lowest BCUT2D eigenvalue weighted by Crippen LogP contribution is -2.51. The van der Waals surface area contributed by atoms with Gasteiger partial charge in [0.15, 0.2) is 0 Å². The minimum Gasteiger partial charge on any atom is -0.382 e. The summed E-state index contributed by atoms with van der Waals surface area (Å²) in [5.74, 6) is 2.80. The first kappa shape index (κ1) is 17.4. The van der Waals surface area contributed by atoms with Gasteiger partial charge in [0.1, 0.15) is 11.5 Å². The van der Waals surface area contributed by atoms with Crippen molar-refractivity contribution in [2.45, 2.75) is 37.4 Å². The molecule has 0 spiro atoms. The van der Waals surface area contributed by atoms with Crippen molar-refractivity contribution in [3.05, 3.63) is 35.7 Å². The summed E-state index contributed by atoms with van der Waals surface area (Å²) in [6.45, 7) is 0. The van der Waals surface area contributed by atoms with Crippen LogP contribution in [0.15, 0.2) is 29.4 Å². The van der Waals surface area contributed by atoms with E-state index in [1.165, 1.54) is 23.2 Å². The molecule has 0 saturated heterocycles. The molecule has 2 heterocycles. The summed E-state index contributed by atoms with van der Waals surface area (Å²) in [6, 6.07) is 2.59. The second kappa shape index (κ2) is 5.83. The molecule has 1 aliphatic heterocycles. The Bertz CT molecular complexity index is 729. The lowest BCUT2D eigenvalue weighted by molar-refractivity contribution is -0.141. The number of aromatic nitrogens is 1. The van der Waals surface area contributed by atoms with Crippen LogP contribution >= 0.6 is 0 Å². The predicted octanol–water partition coefficient (Wildman–Crippen LogP) is 2.31. The van der Waals surface area contributed by atoms with Gasteiger partial charge in [-0.2, -0.15) is 13.2 Å². The molecule has 1 saturated carbocycles. The van der Waals surface area contributed by atoms with Gasteiger partial charge in [-0.3, -0.25) is 0 Å². The van der Waals surface area contributed by atoms with Crippen LogP contribution < -0.4 is 11.6 Å². The minimum absolute atomic E-state index is 0.0716. The summed E-state index contributed by atoms with van der Waals surface area (Å²) in [6.07, 6.45) is -4.11. The number of rotatable bonds is 2. The molecule has 1 aromatic rings. The van der Waals surface area contributed by atoms with Crippen molar-refractivity contribution in [1.29, 1.82) is 0 Å². The Kier molecular flexibility index (Phi) is 4.06. The Morgan fingerprint density at radius 2 is 1.96 bits per heavy atom. The van der Waals surface area contributed by atoms with E-state index in [4.69, 9.17) is 11.6 Å². The fraction of sp³-hybridized carbons (Fsp3) is 0.429.